The van der Waals surface area contributed by atoms with Crippen molar-refractivity contribution in [1.82, 2.24) is 4.57 Å². The van der Waals surface area contributed by atoms with Gasteiger partial charge in [-0.15, -0.1) is 0 Å². The van der Waals surface area contributed by atoms with Crippen molar-refractivity contribution >= 4 is 35.0 Å². The monoisotopic (exact) mass is 612 g/mol. The lowest BCUT2D eigenvalue weighted by Gasteiger charge is -2.25. The molecule has 1 aliphatic rings. The van der Waals surface area contributed by atoms with Crippen molar-refractivity contribution in [2.75, 3.05) is 27.4 Å². The summed E-state index contributed by atoms with van der Waals surface area (Å²) in [6.07, 6.45) is 3.23. The molecule has 11 heteroatoms. The fourth-order valence-corrected chi connectivity index (χ4v) is 5.89. The van der Waals surface area contributed by atoms with Crippen LogP contribution in [0.5, 0.6) is 23.0 Å². The van der Waals surface area contributed by atoms with E-state index in [1.807, 2.05) is 19.9 Å². The highest BCUT2D eigenvalue weighted by Crippen LogP contribution is 2.38. The molecule has 0 spiro atoms. The van der Waals surface area contributed by atoms with Crippen molar-refractivity contribution in [2.45, 2.75) is 39.8 Å². The van der Waals surface area contributed by atoms with Crippen LogP contribution in [-0.2, 0) is 9.53 Å². The predicted molar refractivity (Wildman–Crippen MR) is 163 cm³/mol. The number of hydrogen-bond donors (Lipinski definition) is 0. The first-order chi connectivity index (χ1) is 20.1. The van der Waals surface area contributed by atoms with Crippen LogP contribution >= 0.6 is 22.9 Å². The van der Waals surface area contributed by atoms with Crippen molar-refractivity contribution in [3.63, 3.8) is 0 Å². The summed E-state index contributed by atoms with van der Waals surface area (Å²) >= 11 is 7.70. The number of thiazole rings is 1. The van der Waals surface area contributed by atoms with Gasteiger partial charge in [-0.1, -0.05) is 41.7 Å². The fourth-order valence-electron chi connectivity index (χ4n) is 4.57. The predicted octanol–water partition coefficient (Wildman–Crippen LogP) is 4.82. The molecule has 0 saturated heterocycles. The number of allylic oxidation sites excluding steroid dienone is 1. The first-order valence-corrected chi connectivity index (χ1v) is 14.5. The van der Waals surface area contributed by atoms with Gasteiger partial charge in [0.15, 0.2) is 27.8 Å². The second-order valence-corrected chi connectivity index (χ2v) is 10.9. The minimum Gasteiger partial charge on any atom is -0.493 e. The van der Waals surface area contributed by atoms with Gasteiger partial charge in [0.25, 0.3) is 5.56 Å². The molecule has 2 aromatic carbocycles. The zero-order chi connectivity index (χ0) is 30.6. The number of fused-ring (bicyclic) bond motifs is 1. The van der Waals surface area contributed by atoms with E-state index < -0.39 is 12.0 Å². The van der Waals surface area contributed by atoms with E-state index in [-0.39, 0.29) is 30.5 Å². The van der Waals surface area contributed by atoms with Crippen LogP contribution in [0.15, 0.2) is 64.0 Å². The van der Waals surface area contributed by atoms with E-state index in [1.165, 1.54) is 30.1 Å². The Hall–Kier alpha value is -4.02. The molecule has 0 saturated carbocycles. The highest BCUT2D eigenvalue weighted by molar-refractivity contribution is 7.07. The molecule has 2 heterocycles. The normalized spacial score (nSPS) is 14.8. The average Bonchev–Trinajstić information content (AvgIpc) is 3.25. The van der Waals surface area contributed by atoms with Gasteiger partial charge < -0.3 is 23.7 Å². The number of esters is 1. The van der Waals surface area contributed by atoms with Gasteiger partial charge in [0.1, 0.15) is 6.61 Å². The number of nitrogens with zero attached hydrogens (tertiary/aromatic N) is 2. The Morgan fingerprint density at radius 3 is 2.55 bits per heavy atom. The summed E-state index contributed by atoms with van der Waals surface area (Å²) in [4.78, 5) is 32.3. The molecular formula is C31H33ClN2O7S. The zero-order valence-corrected chi connectivity index (χ0v) is 25.9. The Bertz CT molecular complexity index is 1720. The van der Waals surface area contributed by atoms with Crippen LogP contribution in [0.3, 0.4) is 0 Å². The van der Waals surface area contributed by atoms with E-state index in [9.17, 15) is 9.59 Å². The number of aromatic nitrogens is 1. The van der Waals surface area contributed by atoms with Gasteiger partial charge >= 0.3 is 5.97 Å². The molecule has 0 amide bonds. The minimum atomic E-state index is -0.808. The molecular weight excluding hydrogens is 580 g/mol. The van der Waals surface area contributed by atoms with Gasteiger partial charge in [0.05, 0.1) is 53.8 Å². The number of rotatable bonds is 11. The minimum absolute atomic E-state index is 0.0746. The van der Waals surface area contributed by atoms with Gasteiger partial charge in [-0.05, 0) is 69.2 Å². The van der Waals surface area contributed by atoms with Crippen LogP contribution in [0.4, 0.5) is 0 Å². The van der Waals surface area contributed by atoms with Crippen molar-refractivity contribution in [2.24, 2.45) is 4.99 Å². The van der Waals surface area contributed by atoms with E-state index in [2.05, 4.69) is 11.6 Å². The van der Waals surface area contributed by atoms with E-state index >= 15 is 0 Å². The molecule has 4 rings (SSSR count). The highest BCUT2D eigenvalue weighted by Gasteiger charge is 2.34. The Balaban J connectivity index is 1.92. The summed E-state index contributed by atoms with van der Waals surface area (Å²) in [6, 6.07) is 7.96. The topological polar surface area (TPSA) is 97.6 Å². The third kappa shape index (κ3) is 6.24. The average molecular weight is 613 g/mol. The molecule has 0 N–H and O–H groups in total. The molecule has 0 unspecified atom stereocenters. The van der Waals surface area contributed by atoms with E-state index in [4.69, 9.17) is 35.3 Å². The third-order valence-electron chi connectivity index (χ3n) is 6.28. The number of carbonyl (C=O) groups excluding carboxylic acids is 1. The molecule has 222 valence electrons. The number of hydrogen-bond acceptors (Lipinski definition) is 9. The number of ether oxygens (including phenoxy) is 5. The zero-order valence-electron chi connectivity index (χ0n) is 24.4. The quantitative estimate of drug-likeness (QED) is 0.226. The molecule has 0 fully saturated rings. The second-order valence-electron chi connectivity index (χ2n) is 9.51. The largest absolute Gasteiger partial charge is 0.493 e. The Morgan fingerprint density at radius 1 is 1.17 bits per heavy atom. The molecule has 0 bridgehead atoms. The van der Waals surface area contributed by atoms with Gasteiger partial charge in [0, 0.05) is 0 Å². The molecule has 0 radical (unpaired) electrons. The van der Waals surface area contributed by atoms with Gasteiger partial charge in [-0.25, -0.2) is 9.79 Å². The Kier molecular flexibility index (Phi) is 9.80. The Morgan fingerprint density at radius 2 is 1.90 bits per heavy atom. The van der Waals surface area contributed by atoms with E-state index in [0.29, 0.717) is 54.2 Å². The number of benzene rings is 2. The lowest BCUT2D eigenvalue weighted by Crippen LogP contribution is -2.40. The SMILES string of the molecule is C=CCOc1c(Cl)cc(/C=c2\sc3n(c2=O)[C@H](c2ccc(OC(C)C)c(OC)c2)C(C(=O)OCC)=C(C)N=3)cc1OC. The maximum Gasteiger partial charge on any atom is 0.338 e. The molecule has 0 aliphatic carbocycles. The summed E-state index contributed by atoms with van der Waals surface area (Å²) in [5.41, 5.74) is 1.66. The van der Waals surface area contributed by atoms with Crippen molar-refractivity contribution < 1.29 is 28.5 Å². The van der Waals surface area contributed by atoms with Crippen molar-refractivity contribution in [1.29, 1.82) is 0 Å². The fraction of sp³-hybridized carbons (Fsp3) is 0.323. The number of carbonyl (C=O) groups is 1. The van der Waals surface area contributed by atoms with Crippen LogP contribution < -0.4 is 33.8 Å². The summed E-state index contributed by atoms with van der Waals surface area (Å²) < 4.78 is 29.9. The molecule has 1 aliphatic heterocycles. The first-order valence-electron chi connectivity index (χ1n) is 13.3. The van der Waals surface area contributed by atoms with E-state index in [0.717, 1.165) is 0 Å². The maximum absolute atomic E-state index is 14.0. The second kappa shape index (κ2) is 13.3. The summed E-state index contributed by atoms with van der Waals surface area (Å²) in [7, 11) is 3.05. The molecule has 3 aromatic rings. The molecule has 1 atom stereocenters. The summed E-state index contributed by atoms with van der Waals surface area (Å²) in [5, 5.41) is 0.323. The lowest BCUT2D eigenvalue weighted by molar-refractivity contribution is -0.139. The first kappa shape index (κ1) is 30.9. The Labute approximate surface area is 252 Å². The standard InChI is InChI=1S/C31H33ClN2O7S/c1-8-12-40-28-21(32)13-19(14-24(28)38-7)15-25-29(35)34-27(20-10-11-22(41-17(3)4)23(16-20)37-6)26(30(36)39-9-2)18(5)33-31(34)42-25/h8,10-11,13-17,27H,1,9,12H2,2-7H3/b25-15-/t27-/m1/s1. The van der Waals surface area contributed by atoms with Crippen molar-refractivity contribution in [3.05, 3.63) is 90.1 Å². The van der Waals surface area contributed by atoms with Crippen LogP contribution in [0.1, 0.15) is 44.9 Å². The van der Waals surface area contributed by atoms with Crippen LogP contribution in [-0.4, -0.2) is 44.1 Å². The van der Waals surface area contributed by atoms with Gasteiger partial charge in [-0.2, -0.15) is 0 Å². The van der Waals surface area contributed by atoms with Crippen LogP contribution in [0.25, 0.3) is 6.08 Å². The molecule has 42 heavy (non-hydrogen) atoms. The molecule has 1 aromatic heterocycles. The van der Waals surface area contributed by atoms with Crippen LogP contribution in [0, 0.1) is 0 Å². The highest BCUT2D eigenvalue weighted by atomic mass is 35.5. The third-order valence-corrected chi connectivity index (χ3v) is 7.54. The maximum atomic E-state index is 14.0. The molecule has 9 nitrogen and oxygen atoms in total. The van der Waals surface area contributed by atoms with E-state index in [1.54, 1.807) is 50.3 Å². The number of methoxy groups -OCH3 is 2. The summed E-state index contributed by atoms with van der Waals surface area (Å²) in [5.74, 6) is 1.27. The van der Waals surface area contributed by atoms with Gasteiger partial charge in [0.2, 0.25) is 0 Å². The number of halogens is 1. The van der Waals surface area contributed by atoms with Crippen LogP contribution in [0.2, 0.25) is 5.02 Å². The lowest BCUT2D eigenvalue weighted by atomic mass is 9.95. The summed E-state index contributed by atoms with van der Waals surface area (Å²) in [6.45, 7) is 11.4. The van der Waals surface area contributed by atoms with Crippen molar-refractivity contribution in [3.8, 4) is 23.0 Å². The van der Waals surface area contributed by atoms with Gasteiger partial charge in [-0.3, -0.25) is 9.36 Å². The smallest absolute Gasteiger partial charge is 0.338 e.